The molecule has 0 unspecified atom stereocenters. The monoisotopic (exact) mass is 209 g/mol. The Balaban J connectivity index is 0.000000262. The molecule has 86 valence electrons. The molecule has 0 atom stereocenters. The van der Waals surface area contributed by atoms with Crippen LogP contribution in [0.2, 0.25) is 0 Å². The van der Waals surface area contributed by atoms with Gasteiger partial charge in [0.05, 0.1) is 0 Å². The lowest BCUT2D eigenvalue weighted by molar-refractivity contribution is -0.129. The van der Waals surface area contributed by atoms with E-state index in [2.05, 4.69) is 25.2 Å². The Bertz CT molecular complexity index is 241. The number of hydrogen-bond acceptors (Lipinski definition) is 1. The number of amides is 1. The summed E-state index contributed by atoms with van der Waals surface area (Å²) in [5.74, 6) is 0.215. The molecule has 2 nitrogen and oxygen atoms in total. The lowest BCUT2D eigenvalue weighted by atomic mass is 10.1. The highest BCUT2D eigenvalue weighted by Crippen LogP contribution is 2.06. The Morgan fingerprint density at radius 1 is 1.40 bits per heavy atom. The summed E-state index contributed by atoms with van der Waals surface area (Å²) in [4.78, 5) is 12.4. The van der Waals surface area contributed by atoms with Crippen molar-refractivity contribution in [1.82, 2.24) is 4.90 Å². The highest BCUT2D eigenvalue weighted by atomic mass is 16.2. The van der Waals surface area contributed by atoms with Gasteiger partial charge in [0.1, 0.15) is 0 Å². The molecule has 15 heavy (non-hydrogen) atoms. The number of allylic oxidation sites excluding steroid dienone is 4. The number of hydrogen-bond donors (Lipinski definition) is 0. The summed E-state index contributed by atoms with van der Waals surface area (Å²) in [6.45, 7) is 6.78. The average molecular weight is 209 g/mol. The van der Waals surface area contributed by atoms with Gasteiger partial charge in [-0.25, -0.2) is 0 Å². The molecule has 0 aromatic carbocycles. The van der Waals surface area contributed by atoms with Crippen LogP contribution in [0.5, 0.6) is 0 Å². The van der Waals surface area contributed by atoms with Crippen molar-refractivity contribution in [2.45, 2.75) is 40.0 Å². The minimum Gasteiger partial charge on any atom is -0.346 e. The molecule has 1 rings (SSSR count). The second-order valence-corrected chi connectivity index (χ2v) is 3.69. The second-order valence-electron chi connectivity index (χ2n) is 3.69. The maximum Gasteiger partial charge on any atom is 0.222 e. The minimum atomic E-state index is 0.215. The Morgan fingerprint density at radius 3 is 2.27 bits per heavy atom. The Hall–Kier alpha value is -1.05. The van der Waals surface area contributed by atoms with E-state index in [0.29, 0.717) is 6.42 Å². The van der Waals surface area contributed by atoms with Crippen LogP contribution in [0.4, 0.5) is 0 Å². The van der Waals surface area contributed by atoms with Crippen LogP contribution in [0, 0.1) is 0 Å². The lowest BCUT2D eigenvalue weighted by Crippen LogP contribution is -2.24. The molecule has 0 saturated carbocycles. The van der Waals surface area contributed by atoms with E-state index in [1.165, 1.54) is 18.4 Å². The third kappa shape index (κ3) is 6.95. The summed E-state index contributed by atoms with van der Waals surface area (Å²) in [6.07, 6.45) is 9.74. The van der Waals surface area contributed by atoms with Gasteiger partial charge in [0.2, 0.25) is 5.91 Å². The highest BCUT2D eigenvalue weighted by molar-refractivity contribution is 5.75. The summed E-state index contributed by atoms with van der Waals surface area (Å²) in [7, 11) is 1.81. The van der Waals surface area contributed by atoms with Crippen molar-refractivity contribution < 1.29 is 4.79 Å². The van der Waals surface area contributed by atoms with Crippen LogP contribution in [-0.2, 0) is 4.79 Å². The summed E-state index contributed by atoms with van der Waals surface area (Å²) >= 11 is 0. The van der Waals surface area contributed by atoms with Crippen LogP contribution < -0.4 is 0 Å². The van der Waals surface area contributed by atoms with Gasteiger partial charge >= 0.3 is 0 Å². The average Bonchev–Trinajstić information content (AvgIpc) is 2.29. The summed E-state index contributed by atoms with van der Waals surface area (Å²) in [6, 6.07) is 0. The molecule has 1 aliphatic carbocycles. The van der Waals surface area contributed by atoms with E-state index in [4.69, 9.17) is 0 Å². The Labute approximate surface area is 93.7 Å². The van der Waals surface area contributed by atoms with Crippen molar-refractivity contribution in [3.8, 4) is 0 Å². The molecule has 0 saturated heterocycles. The van der Waals surface area contributed by atoms with E-state index < -0.39 is 0 Å². The van der Waals surface area contributed by atoms with E-state index in [9.17, 15) is 4.79 Å². The molecule has 0 fully saturated rings. The SMILES string of the molecule is CC1=CCCC=C1.CCC(=O)N(C)CC. The molecule has 0 aliphatic heterocycles. The summed E-state index contributed by atoms with van der Waals surface area (Å²) in [5, 5.41) is 0. The molecule has 0 bridgehead atoms. The van der Waals surface area contributed by atoms with Gasteiger partial charge in [-0.05, 0) is 26.7 Å². The molecular weight excluding hydrogens is 186 g/mol. The minimum absolute atomic E-state index is 0.215. The number of nitrogens with zero attached hydrogens (tertiary/aromatic N) is 1. The maximum atomic E-state index is 10.7. The first kappa shape index (κ1) is 13.9. The van der Waals surface area contributed by atoms with Crippen molar-refractivity contribution in [2.24, 2.45) is 0 Å². The largest absolute Gasteiger partial charge is 0.346 e. The standard InChI is InChI=1S/C7H10.C6H13NO/c1-7-5-3-2-4-6-7;1-4-6(8)7(3)5-2/h3,5-6H,2,4H2,1H3;4-5H2,1-3H3. The fourth-order valence-electron chi connectivity index (χ4n) is 1.19. The van der Waals surface area contributed by atoms with Gasteiger partial charge in [-0.1, -0.05) is 30.7 Å². The molecule has 0 aromatic rings. The summed E-state index contributed by atoms with van der Waals surface area (Å²) < 4.78 is 0. The van der Waals surface area contributed by atoms with E-state index in [1.54, 1.807) is 4.90 Å². The Morgan fingerprint density at radius 2 is 2.07 bits per heavy atom. The molecule has 1 aliphatic rings. The van der Waals surface area contributed by atoms with Crippen LogP contribution >= 0.6 is 0 Å². The van der Waals surface area contributed by atoms with E-state index in [1.807, 2.05) is 20.9 Å². The normalized spacial score (nSPS) is 13.7. The number of rotatable bonds is 2. The second kappa shape index (κ2) is 8.27. The molecule has 0 aromatic heterocycles. The van der Waals surface area contributed by atoms with E-state index in [0.717, 1.165) is 6.54 Å². The highest BCUT2D eigenvalue weighted by Gasteiger charge is 1.99. The van der Waals surface area contributed by atoms with Gasteiger partial charge in [0, 0.05) is 20.0 Å². The van der Waals surface area contributed by atoms with Crippen molar-refractivity contribution in [3.63, 3.8) is 0 Å². The smallest absolute Gasteiger partial charge is 0.222 e. The van der Waals surface area contributed by atoms with Crippen molar-refractivity contribution in [2.75, 3.05) is 13.6 Å². The van der Waals surface area contributed by atoms with Gasteiger partial charge in [-0.15, -0.1) is 0 Å². The predicted molar refractivity (Wildman–Crippen MR) is 65.7 cm³/mol. The zero-order valence-electron chi connectivity index (χ0n) is 10.4. The molecule has 1 amide bonds. The lowest BCUT2D eigenvalue weighted by Gasteiger charge is -2.11. The zero-order chi connectivity index (χ0) is 11.7. The van der Waals surface area contributed by atoms with Crippen molar-refractivity contribution >= 4 is 5.91 Å². The van der Waals surface area contributed by atoms with Crippen LogP contribution in [-0.4, -0.2) is 24.4 Å². The quantitative estimate of drug-likeness (QED) is 0.684. The molecule has 2 heteroatoms. The fourth-order valence-corrected chi connectivity index (χ4v) is 1.19. The van der Waals surface area contributed by atoms with Crippen molar-refractivity contribution in [3.05, 3.63) is 23.8 Å². The van der Waals surface area contributed by atoms with Crippen molar-refractivity contribution in [1.29, 1.82) is 0 Å². The van der Waals surface area contributed by atoms with Gasteiger partial charge in [0.15, 0.2) is 0 Å². The van der Waals surface area contributed by atoms with Gasteiger partial charge in [0.25, 0.3) is 0 Å². The van der Waals surface area contributed by atoms with Crippen LogP contribution in [0.1, 0.15) is 40.0 Å². The first-order chi connectivity index (χ1) is 7.11. The topological polar surface area (TPSA) is 20.3 Å². The summed E-state index contributed by atoms with van der Waals surface area (Å²) in [5.41, 5.74) is 1.41. The molecular formula is C13H23NO. The maximum absolute atomic E-state index is 10.7. The first-order valence-corrected chi connectivity index (χ1v) is 5.69. The number of carbonyl (C=O) groups excluding carboxylic acids is 1. The van der Waals surface area contributed by atoms with Crippen LogP contribution in [0.25, 0.3) is 0 Å². The Kier molecular flexibility index (Phi) is 7.69. The third-order valence-electron chi connectivity index (χ3n) is 2.38. The molecule has 0 N–H and O–H groups in total. The van der Waals surface area contributed by atoms with E-state index >= 15 is 0 Å². The van der Waals surface area contributed by atoms with Gasteiger partial charge in [-0.3, -0.25) is 4.79 Å². The third-order valence-corrected chi connectivity index (χ3v) is 2.38. The molecule has 0 heterocycles. The van der Waals surface area contributed by atoms with Gasteiger partial charge in [-0.2, -0.15) is 0 Å². The van der Waals surface area contributed by atoms with Gasteiger partial charge < -0.3 is 4.90 Å². The first-order valence-electron chi connectivity index (χ1n) is 5.69. The molecule has 0 radical (unpaired) electrons. The van der Waals surface area contributed by atoms with Crippen LogP contribution in [0.3, 0.4) is 0 Å². The number of carbonyl (C=O) groups is 1. The molecule has 0 spiro atoms. The zero-order valence-corrected chi connectivity index (χ0v) is 10.4. The van der Waals surface area contributed by atoms with Crippen LogP contribution in [0.15, 0.2) is 23.8 Å². The predicted octanol–water partition coefficient (Wildman–Crippen LogP) is 3.16. The van der Waals surface area contributed by atoms with E-state index in [-0.39, 0.29) is 5.91 Å². The fraction of sp³-hybridized carbons (Fsp3) is 0.615.